The molecule has 0 spiro atoms. The number of carbonyl (C=O) groups is 4. The van der Waals surface area contributed by atoms with Crippen LogP contribution in [0.2, 0.25) is 0 Å². The molecular weight excluding hydrogens is 610 g/mol. The van der Waals surface area contributed by atoms with Gasteiger partial charge in [0.2, 0.25) is 0 Å². The summed E-state index contributed by atoms with van der Waals surface area (Å²) in [6.45, 7) is 18.5. The van der Waals surface area contributed by atoms with E-state index in [0.717, 1.165) is 0 Å². The fourth-order valence-electron chi connectivity index (χ4n) is 8.22. The number of hydrogen-bond acceptors (Lipinski definition) is 11. The molecule has 3 aliphatic heterocycles. The molecule has 3 fully saturated rings. The largest absolute Gasteiger partial charge is 0.481 e. The summed E-state index contributed by atoms with van der Waals surface area (Å²) in [5, 5.41) is 10.2. The molecule has 0 aromatic carbocycles. The van der Waals surface area contributed by atoms with Crippen LogP contribution in [0, 0.1) is 35.5 Å². The van der Waals surface area contributed by atoms with Crippen LogP contribution in [0.3, 0.4) is 0 Å². The maximum Gasteiger partial charge on any atom is 0.321 e. The summed E-state index contributed by atoms with van der Waals surface area (Å²) in [5.74, 6) is -8.76. The molecule has 12 heteroatoms. The second-order valence-corrected chi connectivity index (χ2v) is 14.5. The van der Waals surface area contributed by atoms with Crippen molar-refractivity contribution < 1.29 is 52.7 Å². The average Bonchev–Trinajstić information content (AvgIpc) is 3.29. The van der Waals surface area contributed by atoms with Crippen LogP contribution in [0.4, 0.5) is 0 Å². The number of hydrogen-bond donors (Lipinski definition) is 1. The minimum Gasteiger partial charge on any atom is -0.481 e. The summed E-state index contributed by atoms with van der Waals surface area (Å²) in [4.78, 5) is 55.5. The van der Waals surface area contributed by atoms with Gasteiger partial charge in [-0.1, -0.05) is 39.8 Å². The second kappa shape index (κ2) is 15.0. The lowest BCUT2D eigenvalue weighted by molar-refractivity contribution is -0.299. The number of aliphatic carboxylic acids is 1. The molecule has 3 unspecified atom stereocenters. The highest BCUT2D eigenvalue weighted by molar-refractivity contribution is 6.00. The third-order valence-corrected chi connectivity index (χ3v) is 11.2. The molecule has 0 aliphatic carbocycles. The monoisotopic (exact) mass is 667 g/mol. The predicted octanol–water partition coefficient (Wildman–Crippen LogP) is 3.88. The van der Waals surface area contributed by atoms with E-state index in [9.17, 15) is 24.3 Å². The first-order chi connectivity index (χ1) is 21.8. The van der Waals surface area contributed by atoms with Crippen LogP contribution < -0.4 is 0 Å². The van der Waals surface area contributed by atoms with Crippen LogP contribution in [0.1, 0.15) is 74.7 Å². The van der Waals surface area contributed by atoms with E-state index in [4.69, 9.17) is 28.4 Å². The number of carboxylic acid groups (broad SMARTS) is 1. The fraction of sp³-hybridized carbons (Fsp3) is 0.829. The highest BCUT2D eigenvalue weighted by atomic mass is 16.7. The van der Waals surface area contributed by atoms with Crippen molar-refractivity contribution in [3.63, 3.8) is 0 Å². The van der Waals surface area contributed by atoms with Crippen molar-refractivity contribution in [1.82, 2.24) is 4.90 Å². The number of carbonyl (C=O) groups excluding carboxylic acids is 3. The van der Waals surface area contributed by atoms with Gasteiger partial charge in [0.05, 0.1) is 17.8 Å². The zero-order valence-corrected chi connectivity index (χ0v) is 30.2. The zero-order chi connectivity index (χ0) is 35.8. The van der Waals surface area contributed by atoms with Gasteiger partial charge in [0.1, 0.15) is 18.1 Å². The maximum absolute atomic E-state index is 14.2. The number of Topliss-reactive ketones (excluding diaryl/α,β-unsaturated/α-hetero) is 1. The van der Waals surface area contributed by atoms with Crippen molar-refractivity contribution in [2.45, 2.75) is 123 Å². The van der Waals surface area contributed by atoms with E-state index in [0.29, 0.717) is 18.4 Å². The number of allylic oxidation sites excluding steroid dienone is 1. The lowest BCUT2D eigenvalue weighted by Gasteiger charge is -2.48. The number of rotatable bonds is 7. The van der Waals surface area contributed by atoms with E-state index in [1.54, 1.807) is 35.0 Å². The SMILES string of the molecule is C=C1C(C)C2C(C(=O)O)C(=O)O[C@]2(C)[C@@H](CC)OC(=O)[C@H](C)C(=O)[C@H](C)[C@@H](O[C@@H]2O[C@H](C)C[C@H](N(C)C)[C@H]2OC)[C@](C)(OC)C[C@H]1C. The maximum atomic E-state index is 14.2. The Kier molecular flexibility index (Phi) is 12.5. The Bertz CT molecular complexity index is 1190. The summed E-state index contributed by atoms with van der Waals surface area (Å²) in [6, 6.07) is -0.0284. The number of esters is 2. The molecule has 0 aromatic rings. The minimum atomic E-state index is -1.50. The first-order valence-electron chi connectivity index (χ1n) is 16.7. The first kappa shape index (κ1) is 39.1. The summed E-state index contributed by atoms with van der Waals surface area (Å²) < 4.78 is 36.9. The molecule has 0 amide bonds. The predicted molar refractivity (Wildman–Crippen MR) is 172 cm³/mol. The number of cyclic esters (lactones) is 1. The summed E-state index contributed by atoms with van der Waals surface area (Å²) in [7, 11) is 7.07. The summed E-state index contributed by atoms with van der Waals surface area (Å²) in [6.07, 6.45) is -2.16. The minimum absolute atomic E-state index is 0.0284. The molecular formula is C35H57NO11. The van der Waals surface area contributed by atoms with Crippen molar-refractivity contribution in [3.8, 4) is 0 Å². The van der Waals surface area contributed by atoms with Gasteiger partial charge in [-0.2, -0.15) is 0 Å². The summed E-state index contributed by atoms with van der Waals surface area (Å²) in [5.41, 5.74) is -1.93. The quantitative estimate of drug-likeness (QED) is 0.239. The highest BCUT2D eigenvalue weighted by Crippen LogP contribution is 2.50. The number of nitrogens with zero attached hydrogens (tertiary/aromatic N) is 1. The number of ether oxygens (including phenoxy) is 6. The van der Waals surface area contributed by atoms with Crippen LogP contribution in [0.25, 0.3) is 0 Å². The van der Waals surface area contributed by atoms with Crippen molar-refractivity contribution in [1.29, 1.82) is 0 Å². The third-order valence-electron chi connectivity index (χ3n) is 11.2. The van der Waals surface area contributed by atoms with Crippen LogP contribution in [-0.2, 0) is 47.6 Å². The molecule has 0 radical (unpaired) electrons. The number of likely N-dealkylation sites (N-methyl/N-ethyl adjacent to an activating group) is 1. The molecule has 3 heterocycles. The normalized spacial score (nSPS) is 44.0. The highest BCUT2D eigenvalue weighted by Gasteiger charge is 2.63. The number of ketones is 1. The molecule has 3 rings (SSSR count). The molecule has 0 saturated carbocycles. The Balaban J connectivity index is 2.16. The number of carboxylic acids is 1. The van der Waals surface area contributed by atoms with Crippen molar-refractivity contribution in [2.75, 3.05) is 28.3 Å². The number of methoxy groups -OCH3 is 2. The Hall–Kier alpha value is -2.38. The molecule has 3 saturated heterocycles. The second-order valence-electron chi connectivity index (χ2n) is 14.5. The molecule has 0 aromatic heterocycles. The van der Waals surface area contributed by atoms with Crippen LogP contribution in [0.15, 0.2) is 12.2 Å². The van der Waals surface area contributed by atoms with Crippen molar-refractivity contribution >= 4 is 23.7 Å². The molecule has 0 bridgehead atoms. The van der Waals surface area contributed by atoms with E-state index in [1.807, 2.05) is 41.8 Å². The van der Waals surface area contributed by atoms with Gasteiger partial charge >= 0.3 is 17.9 Å². The third kappa shape index (κ3) is 7.46. The Morgan fingerprint density at radius 2 is 1.66 bits per heavy atom. The number of fused-ring (bicyclic) bond motifs is 1. The van der Waals surface area contributed by atoms with E-state index in [1.165, 1.54) is 6.92 Å². The molecule has 12 nitrogen and oxygen atoms in total. The van der Waals surface area contributed by atoms with Gasteiger partial charge in [0.15, 0.2) is 23.6 Å². The Morgan fingerprint density at radius 3 is 2.17 bits per heavy atom. The molecule has 1 N–H and O–H groups in total. The Morgan fingerprint density at radius 1 is 1.04 bits per heavy atom. The van der Waals surface area contributed by atoms with Crippen LogP contribution >= 0.6 is 0 Å². The van der Waals surface area contributed by atoms with Gasteiger partial charge < -0.3 is 38.4 Å². The van der Waals surface area contributed by atoms with Crippen LogP contribution in [-0.4, -0.2) is 110 Å². The smallest absolute Gasteiger partial charge is 0.321 e. The average molecular weight is 668 g/mol. The van der Waals surface area contributed by atoms with Gasteiger partial charge in [-0.05, 0) is 72.9 Å². The van der Waals surface area contributed by atoms with E-state index < -0.39 is 89.1 Å². The first-order valence-corrected chi connectivity index (χ1v) is 16.7. The van der Waals surface area contributed by atoms with E-state index >= 15 is 0 Å². The van der Waals surface area contributed by atoms with Gasteiger partial charge in [-0.25, -0.2) is 0 Å². The van der Waals surface area contributed by atoms with Crippen molar-refractivity contribution in [2.24, 2.45) is 35.5 Å². The lowest BCUT2D eigenvalue weighted by Crippen LogP contribution is -2.59. The fourth-order valence-corrected chi connectivity index (χ4v) is 8.22. The molecule has 47 heavy (non-hydrogen) atoms. The van der Waals surface area contributed by atoms with Gasteiger partial charge in [0, 0.05) is 32.1 Å². The lowest BCUT2D eigenvalue weighted by atomic mass is 9.66. The Labute approximate surface area is 279 Å². The topological polar surface area (TPSA) is 147 Å². The van der Waals surface area contributed by atoms with Gasteiger partial charge in [-0.15, -0.1) is 0 Å². The van der Waals surface area contributed by atoms with Gasteiger partial charge in [-0.3, -0.25) is 19.2 Å². The molecule has 268 valence electrons. The van der Waals surface area contributed by atoms with E-state index in [-0.39, 0.29) is 24.5 Å². The van der Waals surface area contributed by atoms with E-state index in [2.05, 4.69) is 11.5 Å². The standard InChI is InChI=1S/C35H57NO11/c1-14-24-35(9)26(25(30(38)39)32(41)47-35)20(5)19(4)17(2)16-34(8,43-13)29(21(6)27(37)22(7)31(40)45-24)46-33-28(42-12)23(36(10)11)15-18(3)44-33/h17-18,20-26,28-29,33H,4,14-16H2,1-3,5-13H3,(H,38,39)/t17-,18-,20?,21+,22-,23+,24-,25?,26?,28-,29-,33+,34-,35-/m1/s1. The van der Waals surface area contributed by atoms with Crippen molar-refractivity contribution in [3.05, 3.63) is 12.2 Å². The molecule has 14 atom stereocenters. The summed E-state index contributed by atoms with van der Waals surface area (Å²) >= 11 is 0. The van der Waals surface area contributed by atoms with Gasteiger partial charge in [0.25, 0.3) is 0 Å². The van der Waals surface area contributed by atoms with Crippen LogP contribution in [0.5, 0.6) is 0 Å². The zero-order valence-electron chi connectivity index (χ0n) is 30.2. The molecule has 3 aliphatic rings.